The molecule has 2 aromatic heterocycles. The topological polar surface area (TPSA) is 185 Å². The molecular formula is C23H18FN9O3S. The van der Waals surface area contributed by atoms with E-state index in [1.807, 2.05) is 12.1 Å². The number of aromatic nitrogens is 4. The van der Waals surface area contributed by atoms with E-state index in [4.69, 9.17) is 20.4 Å². The normalized spacial score (nSPS) is 10.8. The van der Waals surface area contributed by atoms with Gasteiger partial charge in [-0.3, -0.25) is 4.68 Å². The van der Waals surface area contributed by atoms with Crippen LogP contribution in [0.2, 0.25) is 0 Å². The first kappa shape index (κ1) is 25.1. The Hall–Kier alpha value is -5.05. The number of halogens is 1. The second-order valence-corrected chi connectivity index (χ2v) is 8.99. The number of ether oxygens (including phenoxy) is 1. The molecule has 14 heteroatoms. The third-order valence-electron chi connectivity index (χ3n) is 4.87. The molecule has 0 amide bonds. The summed E-state index contributed by atoms with van der Waals surface area (Å²) in [6, 6.07) is 16.0. The fraction of sp³-hybridized carbons (Fsp3) is 0.0870. The van der Waals surface area contributed by atoms with Crippen molar-refractivity contribution < 1.29 is 17.5 Å². The molecule has 37 heavy (non-hydrogen) atoms. The summed E-state index contributed by atoms with van der Waals surface area (Å²) in [5, 5.41) is 33.0. The lowest BCUT2D eigenvalue weighted by molar-refractivity contribution is 0.369. The molecule has 0 fully saturated rings. The maximum atomic E-state index is 14.5. The zero-order valence-electron chi connectivity index (χ0n) is 19.0. The van der Waals surface area contributed by atoms with Crippen molar-refractivity contribution >= 4 is 33.2 Å². The van der Waals surface area contributed by atoms with Crippen LogP contribution in [0.15, 0.2) is 65.8 Å². The summed E-state index contributed by atoms with van der Waals surface area (Å²) in [5.74, 6) is -0.426. The van der Waals surface area contributed by atoms with E-state index in [-0.39, 0.29) is 29.8 Å². The second-order valence-electron chi connectivity index (χ2n) is 7.42. The molecule has 4 rings (SSSR count). The number of nitrogens with one attached hydrogen (secondary N) is 2. The van der Waals surface area contributed by atoms with Gasteiger partial charge in [-0.05, 0) is 48.5 Å². The monoisotopic (exact) mass is 519 g/mol. The smallest absolute Gasteiger partial charge is 0.238 e. The Morgan fingerprint density at radius 2 is 1.81 bits per heavy atom. The number of nitrogens with two attached hydrogens (primary N) is 1. The van der Waals surface area contributed by atoms with Crippen molar-refractivity contribution in [3.63, 3.8) is 0 Å². The van der Waals surface area contributed by atoms with Gasteiger partial charge in [0, 0.05) is 23.1 Å². The first-order valence-electron chi connectivity index (χ1n) is 10.5. The third-order valence-corrected chi connectivity index (χ3v) is 5.80. The molecule has 0 radical (unpaired) electrons. The number of primary sulfonamides is 1. The van der Waals surface area contributed by atoms with Gasteiger partial charge >= 0.3 is 0 Å². The summed E-state index contributed by atoms with van der Waals surface area (Å²) in [5.41, 5.74) is 1.90. The Labute approximate surface area is 210 Å². The maximum Gasteiger partial charge on any atom is 0.238 e. The van der Waals surface area contributed by atoms with Crippen molar-refractivity contribution in [1.82, 2.24) is 19.7 Å². The number of nitriles is 2. The molecule has 0 aliphatic heterocycles. The van der Waals surface area contributed by atoms with Crippen molar-refractivity contribution in [2.45, 2.75) is 11.4 Å². The highest BCUT2D eigenvalue weighted by Crippen LogP contribution is 2.33. The van der Waals surface area contributed by atoms with Gasteiger partial charge < -0.3 is 15.4 Å². The average molecular weight is 520 g/mol. The largest absolute Gasteiger partial charge is 0.478 e. The van der Waals surface area contributed by atoms with E-state index >= 15 is 0 Å². The quantitative estimate of drug-likeness (QED) is 0.297. The molecule has 186 valence electrons. The van der Waals surface area contributed by atoms with Crippen molar-refractivity contribution in [3.8, 4) is 29.1 Å². The van der Waals surface area contributed by atoms with E-state index < -0.39 is 15.8 Å². The van der Waals surface area contributed by atoms with Gasteiger partial charge in [-0.2, -0.15) is 20.6 Å². The minimum Gasteiger partial charge on any atom is -0.478 e. The molecule has 4 aromatic rings. The van der Waals surface area contributed by atoms with E-state index in [1.54, 1.807) is 30.5 Å². The number of hydrogen-bond donors (Lipinski definition) is 3. The van der Waals surface area contributed by atoms with Crippen LogP contribution in [0.4, 0.5) is 27.5 Å². The highest BCUT2D eigenvalue weighted by Gasteiger charge is 2.14. The number of hydrogen-bond acceptors (Lipinski definition) is 10. The summed E-state index contributed by atoms with van der Waals surface area (Å²) >= 11 is 0. The predicted molar refractivity (Wildman–Crippen MR) is 131 cm³/mol. The molecule has 2 aromatic carbocycles. The molecule has 12 nitrogen and oxygen atoms in total. The lowest BCUT2D eigenvalue weighted by atomic mass is 10.1. The molecular weight excluding hydrogens is 501 g/mol. The van der Waals surface area contributed by atoms with E-state index in [1.165, 1.54) is 28.9 Å². The number of sulfonamides is 1. The van der Waals surface area contributed by atoms with Crippen LogP contribution in [-0.4, -0.2) is 34.8 Å². The Morgan fingerprint density at radius 3 is 2.51 bits per heavy atom. The summed E-state index contributed by atoms with van der Waals surface area (Å²) in [4.78, 5) is 8.01. The predicted octanol–water partition coefficient (Wildman–Crippen LogP) is 3.04. The lowest BCUT2D eigenvalue weighted by Gasteiger charge is -2.13. The molecule has 0 unspecified atom stereocenters. The van der Waals surface area contributed by atoms with Crippen LogP contribution in [0, 0.1) is 28.5 Å². The van der Waals surface area contributed by atoms with Gasteiger partial charge in [0.1, 0.15) is 18.4 Å². The maximum absolute atomic E-state index is 14.5. The summed E-state index contributed by atoms with van der Waals surface area (Å²) in [6.45, 7) is -0.133. The third kappa shape index (κ3) is 6.15. The van der Waals surface area contributed by atoms with Gasteiger partial charge in [-0.15, -0.1) is 0 Å². The zero-order valence-corrected chi connectivity index (χ0v) is 19.8. The molecule has 4 N–H and O–H groups in total. The fourth-order valence-corrected chi connectivity index (χ4v) is 3.73. The SMILES string of the molecule is N#CCOc1ccc(Nc2nc(Nc3ccc(S(N)(=O)=O)cc3)ncc2F)cc1-c1ccn(CC#N)n1. The Morgan fingerprint density at radius 1 is 1.05 bits per heavy atom. The number of nitrogens with zero attached hydrogens (tertiary/aromatic N) is 6. The molecule has 0 aliphatic rings. The first-order valence-corrected chi connectivity index (χ1v) is 12.1. The minimum atomic E-state index is -3.84. The van der Waals surface area contributed by atoms with E-state index in [9.17, 15) is 12.8 Å². The lowest BCUT2D eigenvalue weighted by Crippen LogP contribution is -2.11. The van der Waals surface area contributed by atoms with Crippen molar-refractivity contribution in [3.05, 3.63) is 66.7 Å². The first-order chi connectivity index (χ1) is 17.8. The molecule has 0 aliphatic carbocycles. The van der Waals surface area contributed by atoms with Crippen LogP contribution in [0.5, 0.6) is 5.75 Å². The number of rotatable bonds is 9. The molecule has 0 saturated heterocycles. The average Bonchev–Trinajstić information content (AvgIpc) is 3.34. The Bertz CT molecular complexity index is 1620. The van der Waals surface area contributed by atoms with Crippen molar-refractivity contribution in [2.24, 2.45) is 5.14 Å². The van der Waals surface area contributed by atoms with Gasteiger partial charge in [0.25, 0.3) is 0 Å². The fourth-order valence-electron chi connectivity index (χ4n) is 3.22. The molecule has 0 atom stereocenters. The Balaban J connectivity index is 1.60. The van der Waals surface area contributed by atoms with Crippen LogP contribution < -0.4 is 20.5 Å². The second kappa shape index (κ2) is 10.7. The standard InChI is InChI=1S/C23H18FN9O3S/c24-19-14-28-23(30-15-1-4-17(5-2-15)37(27,34)35)31-22(19)29-16-3-6-21(36-12-9-26)18(13-16)20-7-10-33(32-20)11-8-25/h1-7,10,13-14H,11-12H2,(H2,27,34,35)(H2,28,29,30,31). The van der Waals surface area contributed by atoms with Gasteiger partial charge in [0.15, 0.2) is 18.2 Å². The summed E-state index contributed by atoms with van der Waals surface area (Å²) in [6.07, 6.45) is 2.61. The van der Waals surface area contributed by atoms with Gasteiger partial charge in [0.2, 0.25) is 16.0 Å². The van der Waals surface area contributed by atoms with Gasteiger partial charge in [0.05, 0.1) is 22.9 Å². The van der Waals surface area contributed by atoms with Crippen LogP contribution in [0.3, 0.4) is 0 Å². The Kier molecular flexibility index (Phi) is 7.24. The van der Waals surface area contributed by atoms with Crippen LogP contribution >= 0.6 is 0 Å². The van der Waals surface area contributed by atoms with Crippen LogP contribution in [-0.2, 0) is 16.6 Å². The number of anilines is 4. The molecule has 0 spiro atoms. The highest BCUT2D eigenvalue weighted by atomic mass is 32.2. The number of benzene rings is 2. The van der Waals surface area contributed by atoms with Crippen LogP contribution in [0.25, 0.3) is 11.3 Å². The zero-order chi connectivity index (χ0) is 26.4. The molecule has 0 saturated carbocycles. The van der Waals surface area contributed by atoms with Gasteiger partial charge in [-0.1, -0.05) is 0 Å². The summed E-state index contributed by atoms with van der Waals surface area (Å²) in [7, 11) is -3.84. The minimum absolute atomic E-state index is 0.0525. The molecule has 0 bridgehead atoms. The molecule has 2 heterocycles. The van der Waals surface area contributed by atoms with E-state index in [0.717, 1.165) is 6.20 Å². The summed E-state index contributed by atoms with van der Waals surface area (Å²) < 4.78 is 44.3. The van der Waals surface area contributed by atoms with Crippen LogP contribution in [0.1, 0.15) is 0 Å². The van der Waals surface area contributed by atoms with E-state index in [0.29, 0.717) is 28.4 Å². The van der Waals surface area contributed by atoms with E-state index in [2.05, 4.69) is 25.7 Å². The van der Waals surface area contributed by atoms with Gasteiger partial charge in [-0.25, -0.2) is 22.9 Å². The van der Waals surface area contributed by atoms with Crippen molar-refractivity contribution in [2.75, 3.05) is 17.2 Å². The van der Waals surface area contributed by atoms with Crippen molar-refractivity contribution in [1.29, 1.82) is 10.5 Å². The highest BCUT2D eigenvalue weighted by molar-refractivity contribution is 7.89.